The van der Waals surface area contributed by atoms with Gasteiger partial charge in [-0.15, -0.1) is 0 Å². The largest absolute Gasteiger partial charge is 0.437 e. The molecule has 158 valence electrons. The molecule has 0 aliphatic heterocycles. The fourth-order valence-corrected chi connectivity index (χ4v) is 2.59. The van der Waals surface area contributed by atoms with E-state index in [9.17, 15) is 18.8 Å². The van der Waals surface area contributed by atoms with Gasteiger partial charge in [0.2, 0.25) is 5.75 Å². The van der Waals surface area contributed by atoms with Crippen molar-refractivity contribution >= 4 is 40.2 Å². The number of benzene rings is 1. The first-order chi connectivity index (χ1) is 13.7. The van der Waals surface area contributed by atoms with E-state index < -0.39 is 48.2 Å². The summed E-state index contributed by atoms with van der Waals surface area (Å²) < 4.78 is 21.4. The highest BCUT2D eigenvalue weighted by Crippen LogP contribution is 2.25. The van der Waals surface area contributed by atoms with E-state index in [1.807, 2.05) is 22.6 Å². The first kappa shape index (κ1) is 22.8. The van der Waals surface area contributed by atoms with Crippen molar-refractivity contribution in [3.05, 3.63) is 48.4 Å². The van der Waals surface area contributed by atoms with Crippen LogP contribution in [0.4, 0.5) is 20.7 Å². The molecule has 1 aromatic carbocycles. The molecule has 11 nitrogen and oxygen atoms in total. The van der Waals surface area contributed by atoms with Crippen LogP contribution < -0.4 is 26.8 Å². The molecule has 0 atom stereocenters. The zero-order valence-electron chi connectivity index (χ0n) is 15.3. The summed E-state index contributed by atoms with van der Waals surface area (Å²) >= 11 is 1.91. The average Bonchev–Trinajstić information content (AvgIpc) is 2.69. The summed E-state index contributed by atoms with van der Waals surface area (Å²) in [6.45, 7) is -1.17. The Morgan fingerprint density at radius 3 is 2.48 bits per heavy atom. The molecular weight excluding hydrogens is 506 g/mol. The molecule has 0 saturated heterocycles. The molecule has 2 rings (SSSR count). The van der Waals surface area contributed by atoms with E-state index in [2.05, 4.69) is 5.32 Å². The molecule has 1 amide bonds. The van der Waals surface area contributed by atoms with Crippen molar-refractivity contribution in [3.8, 4) is 5.75 Å². The van der Waals surface area contributed by atoms with Crippen molar-refractivity contribution in [3.63, 3.8) is 0 Å². The number of anilines is 2. The molecule has 1 aromatic heterocycles. The molecule has 0 unspecified atom stereocenters. The van der Waals surface area contributed by atoms with E-state index in [1.165, 1.54) is 26.2 Å². The molecule has 4 N–H and O–H groups in total. The van der Waals surface area contributed by atoms with E-state index >= 15 is 0 Å². The number of rotatable bonds is 7. The second-order valence-electron chi connectivity index (χ2n) is 5.73. The number of carbonyl (C=O) groups is 1. The fourth-order valence-electron chi connectivity index (χ4n) is 2.14. The van der Waals surface area contributed by atoms with E-state index in [0.29, 0.717) is 8.14 Å². The van der Waals surface area contributed by atoms with Gasteiger partial charge in [0.15, 0.2) is 5.82 Å². The van der Waals surface area contributed by atoms with Crippen molar-refractivity contribution in [2.24, 2.45) is 14.1 Å². The lowest BCUT2D eigenvalue weighted by Crippen LogP contribution is -2.41. The SMILES string of the molecule is Cn1c(Nc2ccc(I)cc2F)c(OC(=O)NOC(CO)CO)c(=O)n(C)c1=O. The highest BCUT2D eigenvalue weighted by molar-refractivity contribution is 14.1. The topological polar surface area (TPSA) is 144 Å². The maximum absolute atomic E-state index is 14.2. The molecule has 0 aliphatic carbocycles. The Labute approximate surface area is 176 Å². The van der Waals surface area contributed by atoms with E-state index in [1.54, 1.807) is 11.5 Å². The van der Waals surface area contributed by atoms with Crippen LogP contribution in [0.2, 0.25) is 0 Å². The van der Waals surface area contributed by atoms with E-state index in [-0.39, 0.29) is 11.5 Å². The second-order valence-corrected chi connectivity index (χ2v) is 6.97. The maximum atomic E-state index is 14.2. The summed E-state index contributed by atoms with van der Waals surface area (Å²) in [5.41, 5.74) is 0.0416. The summed E-state index contributed by atoms with van der Waals surface area (Å²) in [5.74, 6) is -1.52. The third kappa shape index (κ3) is 5.31. The predicted molar refractivity (Wildman–Crippen MR) is 108 cm³/mol. The predicted octanol–water partition coefficient (Wildman–Crippen LogP) is -0.0555. The lowest BCUT2D eigenvalue weighted by atomic mass is 10.3. The molecule has 0 saturated carbocycles. The number of halogens is 2. The number of aliphatic hydroxyl groups is 2. The smallest absolute Gasteiger partial charge is 0.399 e. The van der Waals surface area contributed by atoms with Gasteiger partial charge in [-0.2, -0.15) is 5.48 Å². The lowest BCUT2D eigenvalue weighted by Gasteiger charge is -2.17. The van der Waals surface area contributed by atoms with Crippen LogP contribution in [0.25, 0.3) is 0 Å². The molecule has 0 fully saturated rings. The highest BCUT2D eigenvalue weighted by atomic mass is 127. The van der Waals surface area contributed by atoms with Crippen LogP contribution in [-0.4, -0.2) is 44.8 Å². The Morgan fingerprint density at radius 1 is 1.24 bits per heavy atom. The van der Waals surface area contributed by atoms with Crippen LogP contribution in [0.15, 0.2) is 27.8 Å². The molecule has 2 aromatic rings. The van der Waals surface area contributed by atoms with Crippen LogP contribution >= 0.6 is 22.6 Å². The van der Waals surface area contributed by atoms with Crippen LogP contribution in [0.1, 0.15) is 0 Å². The number of ether oxygens (including phenoxy) is 1. The van der Waals surface area contributed by atoms with Crippen LogP contribution in [0, 0.1) is 9.39 Å². The Balaban J connectivity index is 2.41. The van der Waals surface area contributed by atoms with E-state index in [4.69, 9.17) is 19.8 Å². The molecule has 1 heterocycles. The molecule has 0 bridgehead atoms. The molecule has 13 heteroatoms. The minimum atomic E-state index is -1.27. The molecule has 0 aliphatic rings. The van der Waals surface area contributed by atoms with Gasteiger partial charge < -0.3 is 20.3 Å². The molecule has 0 radical (unpaired) electrons. The number of aromatic nitrogens is 2. The summed E-state index contributed by atoms with van der Waals surface area (Å²) in [7, 11) is 2.47. The van der Waals surface area contributed by atoms with Crippen LogP contribution in [0.3, 0.4) is 0 Å². The summed E-state index contributed by atoms with van der Waals surface area (Å²) in [6.07, 6.45) is -2.37. The summed E-state index contributed by atoms with van der Waals surface area (Å²) in [4.78, 5) is 41.4. The average molecular weight is 524 g/mol. The van der Waals surface area contributed by atoms with Crippen molar-refractivity contribution in [2.45, 2.75) is 6.10 Å². The Morgan fingerprint density at radius 2 is 1.90 bits per heavy atom. The van der Waals surface area contributed by atoms with Crippen LogP contribution in [0.5, 0.6) is 5.75 Å². The second kappa shape index (κ2) is 9.82. The van der Waals surface area contributed by atoms with Crippen molar-refractivity contribution in [1.29, 1.82) is 0 Å². The number of amides is 1. The van der Waals surface area contributed by atoms with Crippen molar-refractivity contribution < 1.29 is 29.0 Å². The van der Waals surface area contributed by atoms with Gasteiger partial charge in [-0.25, -0.2) is 14.0 Å². The Kier molecular flexibility index (Phi) is 7.72. The number of hydrogen-bond acceptors (Lipinski definition) is 8. The normalized spacial score (nSPS) is 10.9. The van der Waals surface area contributed by atoms with Gasteiger partial charge >= 0.3 is 17.3 Å². The minimum absolute atomic E-state index is 0.0594. The quantitative estimate of drug-likeness (QED) is 0.292. The van der Waals surface area contributed by atoms with Gasteiger partial charge in [0.05, 0.1) is 18.9 Å². The number of hydrogen-bond donors (Lipinski definition) is 4. The van der Waals surface area contributed by atoms with Gasteiger partial charge in [-0.1, -0.05) is 0 Å². The standard InChI is InChI=1S/C16H18FIN4O7/c1-21-13(19-11-4-3-8(18)5-10(11)17)12(14(25)22(2)16(21)27)28-15(26)20-29-9(6-23)7-24/h3-5,9,19,23-24H,6-7H2,1-2H3,(H,20,26). The zero-order chi connectivity index (χ0) is 21.7. The number of nitrogens with one attached hydrogen (secondary N) is 2. The lowest BCUT2D eigenvalue weighted by molar-refractivity contribution is -0.0628. The number of aliphatic hydroxyl groups excluding tert-OH is 2. The first-order valence-corrected chi connectivity index (χ1v) is 9.14. The number of hydroxylamine groups is 1. The van der Waals surface area contributed by atoms with Gasteiger partial charge in [-0.05, 0) is 40.8 Å². The maximum Gasteiger partial charge on any atom is 0.437 e. The molecule has 0 spiro atoms. The minimum Gasteiger partial charge on any atom is -0.399 e. The van der Waals surface area contributed by atoms with Gasteiger partial charge in [0, 0.05) is 17.7 Å². The van der Waals surface area contributed by atoms with Gasteiger partial charge in [-0.3, -0.25) is 18.8 Å². The third-order valence-corrected chi connectivity index (χ3v) is 4.39. The molecular formula is C16H18FIN4O7. The van der Waals surface area contributed by atoms with Gasteiger partial charge in [0.1, 0.15) is 11.9 Å². The highest BCUT2D eigenvalue weighted by Gasteiger charge is 2.22. The first-order valence-electron chi connectivity index (χ1n) is 8.06. The fraction of sp³-hybridized carbons (Fsp3) is 0.312. The number of nitrogens with zero attached hydrogens (tertiary/aromatic N) is 2. The number of carbonyl (C=O) groups excluding carboxylic acids is 1. The van der Waals surface area contributed by atoms with Gasteiger partial charge in [0.25, 0.3) is 0 Å². The Hall–Kier alpha value is -2.49. The van der Waals surface area contributed by atoms with Crippen LogP contribution in [-0.2, 0) is 18.9 Å². The van der Waals surface area contributed by atoms with E-state index in [0.717, 1.165) is 4.57 Å². The van der Waals surface area contributed by atoms with Crippen molar-refractivity contribution in [2.75, 3.05) is 18.5 Å². The van der Waals surface area contributed by atoms with Crippen molar-refractivity contribution in [1.82, 2.24) is 14.6 Å². The molecule has 29 heavy (non-hydrogen) atoms. The Bertz CT molecular complexity index is 1020. The third-order valence-electron chi connectivity index (χ3n) is 3.72. The monoisotopic (exact) mass is 524 g/mol. The summed E-state index contributed by atoms with van der Waals surface area (Å²) in [5, 5.41) is 20.4. The zero-order valence-corrected chi connectivity index (χ0v) is 17.5. The summed E-state index contributed by atoms with van der Waals surface area (Å²) in [6, 6.07) is 4.21.